The Morgan fingerprint density at radius 2 is 1.50 bits per heavy atom. The van der Waals surface area contributed by atoms with Crippen LogP contribution in [0.5, 0.6) is 0 Å². The minimum Gasteiger partial charge on any atom is -0.171 e. The van der Waals surface area contributed by atoms with E-state index in [1.165, 1.54) is 22.3 Å². The quantitative estimate of drug-likeness (QED) is 0.627. The van der Waals surface area contributed by atoms with Gasteiger partial charge >= 0.3 is 0 Å². The first-order chi connectivity index (χ1) is 5.52. The molecule has 0 fully saturated rings. The molecule has 0 aliphatic rings. The molecule has 0 saturated carbocycles. The lowest BCUT2D eigenvalue weighted by molar-refractivity contribution is 1.05. The van der Waals surface area contributed by atoms with Crippen LogP contribution >= 0.6 is 12.6 Å². The van der Waals surface area contributed by atoms with Crippen LogP contribution in [-0.2, 0) is 0 Å². The number of aryl methyl sites for hydroxylation is 3. The monoisotopic (exact) mass is 180 g/mol. The fourth-order valence-electron chi connectivity index (χ4n) is 1.85. The van der Waals surface area contributed by atoms with Crippen molar-refractivity contribution in [1.82, 2.24) is 0 Å². The predicted octanol–water partition coefficient (Wildman–Crippen LogP) is 3.60. The molecule has 0 bridgehead atoms. The summed E-state index contributed by atoms with van der Waals surface area (Å²) in [7, 11) is 0. The molecule has 0 amide bonds. The van der Waals surface area contributed by atoms with Crippen molar-refractivity contribution in [1.29, 1.82) is 0 Å². The number of rotatable bonds is 1. The molecule has 0 aliphatic carbocycles. The molecule has 1 atom stereocenters. The van der Waals surface area contributed by atoms with Gasteiger partial charge in [-0.3, -0.25) is 0 Å². The van der Waals surface area contributed by atoms with E-state index >= 15 is 0 Å². The highest BCUT2D eigenvalue weighted by atomic mass is 32.1. The van der Waals surface area contributed by atoms with Crippen molar-refractivity contribution in [2.75, 3.05) is 0 Å². The van der Waals surface area contributed by atoms with Gasteiger partial charge < -0.3 is 0 Å². The maximum atomic E-state index is 4.46. The van der Waals surface area contributed by atoms with Crippen LogP contribution in [0.4, 0.5) is 0 Å². The molecule has 1 aromatic rings. The van der Waals surface area contributed by atoms with Gasteiger partial charge in [-0.05, 0) is 44.4 Å². The second-order valence-corrected chi connectivity index (χ2v) is 4.26. The first-order valence-corrected chi connectivity index (χ1v) is 4.80. The Hall–Kier alpha value is -0.430. The summed E-state index contributed by atoms with van der Waals surface area (Å²) in [5, 5.41) is 0.339. The van der Waals surface area contributed by atoms with Crippen LogP contribution < -0.4 is 0 Å². The third-order valence-corrected chi connectivity index (χ3v) is 2.41. The lowest BCUT2D eigenvalue weighted by Crippen LogP contribution is -1.95. The molecule has 1 heteroatoms. The van der Waals surface area contributed by atoms with Gasteiger partial charge in [0.05, 0.1) is 0 Å². The molecule has 0 spiro atoms. The number of benzene rings is 1. The van der Waals surface area contributed by atoms with Gasteiger partial charge in [-0.2, -0.15) is 12.6 Å². The van der Waals surface area contributed by atoms with E-state index in [1.807, 2.05) is 0 Å². The molecule has 0 heterocycles. The van der Waals surface area contributed by atoms with E-state index in [1.54, 1.807) is 0 Å². The third-order valence-electron chi connectivity index (χ3n) is 2.16. The number of thiol groups is 1. The lowest BCUT2D eigenvalue weighted by atomic mass is 9.98. The van der Waals surface area contributed by atoms with Crippen LogP contribution in [-0.4, -0.2) is 0 Å². The van der Waals surface area contributed by atoms with E-state index in [2.05, 4.69) is 52.5 Å². The fourth-order valence-corrected chi connectivity index (χ4v) is 2.26. The van der Waals surface area contributed by atoms with E-state index in [9.17, 15) is 0 Å². The van der Waals surface area contributed by atoms with Crippen LogP contribution in [0.15, 0.2) is 12.1 Å². The predicted molar refractivity (Wildman–Crippen MR) is 58.1 cm³/mol. The minimum atomic E-state index is 0.339. The van der Waals surface area contributed by atoms with Crippen LogP contribution in [0.1, 0.15) is 34.4 Å². The van der Waals surface area contributed by atoms with Gasteiger partial charge in [0.15, 0.2) is 0 Å². The molecular weight excluding hydrogens is 164 g/mol. The molecule has 0 aliphatic heterocycles. The van der Waals surface area contributed by atoms with Gasteiger partial charge in [0.1, 0.15) is 0 Å². The zero-order valence-electron chi connectivity index (χ0n) is 8.18. The summed E-state index contributed by atoms with van der Waals surface area (Å²) in [5.41, 5.74) is 5.43. The topological polar surface area (TPSA) is 0 Å². The minimum absolute atomic E-state index is 0.339. The average Bonchev–Trinajstić information content (AvgIpc) is 1.82. The van der Waals surface area contributed by atoms with Crippen molar-refractivity contribution < 1.29 is 0 Å². The molecule has 1 rings (SSSR count). The molecule has 66 valence electrons. The fraction of sp³-hybridized carbons (Fsp3) is 0.455. The molecular formula is C11H16S. The Kier molecular flexibility index (Phi) is 2.84. The van der Waals surface area contributed by atoms with E-state index in [0.29, 0.717) is 5.25 Å². The van der Waals surface area contributed by atoms with Gasteiger partial charge in [-0.15, -0.1) is 0 Å². The van der Waals surface area contributed by atoms with Gasteiger partial charge in [0.25, 0.3) is 0 Å². The van der Waals surface area contributed by atoms with E-state index in [-0.39, 0.29) is 0 Å². The summed E-state index contributed by atoms with van der Waals surface area (Å²) >= 11 is 4.46. The second kappa shape index (κ2) is 3.53. The summed E-state index contributed by atoms with van der Waals surface area (Å²) < 4.78 is 0. The van der Waals surface area contributed by atoms with Crippen LogP contribution in [0.2, 0.25) is 0 Å². The van der Waals surface area contributed by atoms with Crippen LogP contribution in [0, 0.1) is 20.8 Å². The molecule has 0 N–H and O–H groups in total. The summed E-state index contributed by atoms with van der Waals surface area (Å²) in [5.74, 6) is 0. The van der Waals surface area contributed by atoms with Crippen molar-refractivity contribution in [3.05, 3.63) is 34.4 Å². The van der Waals surface area contributed by atoms with E-state index in [4.69, 9.17) is 0 Å². The van der Waals surface area contributed by atoms with Crippen LogP contribution in [0.3, 0.4) is 0 Å². The number of hydrogen-bond donors (Lipinski definition) is 1. The zero-order valence-corrected chi connectivity index (χ0v) is 9.07. The van der Waals surface area contributed by atoms with Crippen molar-refractivity contribution in [3.63, 3.8) is 0 Å². The molecule has 0 saturated heterocycles. The SMILES string of the molecule is Cc1cc(C)c([C@@H](C)S)c(C)c1. The molecule has 0 nitrogen and oxygen atoms in total. The average molecular weight is 180 g/mol. The second-order valence-electron chi connectivity index (χ2n) is 3.49. The van der Waals surface area contributed by atoms with Crippen molar-refractivity contribution in [2.45, 2.75) is 32.9 Å². The summed E-state index contributed by atoms with van der Waals surface area (Å²) in [4.78, 5) is 0. The maximum absolute atomic E-state index is 4.46. The van der Waals surface area contributed by atoms with Gasteiger partial charge in [0, 0.05) is 5.25 Å². The molecule has 0 unspecified atom stereocenters. The smallest absolute Gasteiger partial charge is 0.0244 e. The van der Waals surface area contributed by atoms with Crippen molar-refractivity contribution in [3.8, 4) is 0 Å². The lowest BCUT2D eigenvalue weighted by Gasteiger charge is -2.13. The molecule has 0 radical (unpaired) electrons. The normalized spacial score (nSPS) is 13.1. The number of hydrogen-bond acceptors (Lipinski definition) is 1. The maximum Gasteiger partial charge on any atom is 0.0244 e. The Morgan fingerprint density at radius 1 is 1.08 bits per heavy atom. The third kappa shape index (κ3) is 1.84. The van der Waals surface area contributed by atoms with Gasteiger partial charge in [-0.1, -0.05) is 17.7 Å². The standard InChI is InChI=1S/C11H16S/c1-7-5-8(2)11(10(4)12)9(3)6-7/h5-6,10,12H,1-4H3/t10-/m1/s1. The van der Waals surface area contributed by atoms with Gasteiger partial charge in [-0.25, -0.2) is 0 Å². The van der Waals surface area contributed by atoms with E-state index < -0.39 is 0 Å². The highest BCUT2D eigenvalue weighted by Crippen LogP contribution is 2.26. The van der Waals surface area contributed by atoms with Crippen molar-refractivity contribution in [2.24, 2.45) is 0 Å². The largest absolute Gasteiger partial charge is 0.171 e. The van der Waals surface area contributed by atoms with Crippen molar-refractivity contribution >= 4 is 12.6 Å². The first-order valence-electron chi connectivity index (χ1n) is 4.28. The zero-order chi connectivity index (χ0) is 9.30. The van der Waals surface area contributed by atoms with E-state index in [0.717, 1.165) is 0 Å². The van der Waals surface area contributed by atoms with Gasteiger partial charge in [0.2, 0.25) is 0 Å². The summed E-state index contributed by atoms with van der Waals surface area (Å²) in [6.45, 7) is 8.56. The molecule has 1 aromatic carbocycles. The first kappa shape index (κ1) is 9.66. The Labute approximate surface area is 80.4 Å². The summed E-state index contributed by atoms with van der Waals surface area (Å²) in [6, 6.07) is 4.43. The highest BCUT2D eigenvalue weighted by Gasteiger charge is 2.07. The Morgan fingerprint density at radius 3 is 1.83 bits per heavy atom. The Bertz CT molecular complexity index is 264. The Balaban J connectivity index is 3.28. The highest BCUT2D eigenvalue weighted by molar-refractivity contribution is 7.80. The molecule has 0 aromatic heterocycles. The summed E-state index contributed by atoms with van der Waals surface area (Å²) in [6.07, 6.45) is 0. The van der Waals surface area contributed by atoms with Crippen LogP contribution in [0.25, 0.3) is 0 Å². The molecule has 12 heavy (non-hydrogen) atoms.